The molecule has 0 aliphatic heterocycles. The molecule has 3 aromatic heterocycles. The predicted molar refractivity (Wildman–Crippen MR) is 171 cm³/mol. The molecule has 0 bridgehead atoms. The fraction of sp³-hybridized carbons (Fsp3) is 0.0938. The summed E-state index contributed by atoms with van der Waals surface area (Å²) >= 11 is 25.3. The summed E-state index contributed by atoms with van der Waals surface area (Å²) in [6, 6.07) is 24.9. The molecule has 1 saturated carbocycles. The number of aromatic nitrogens is 5. The standard InChI is InChI=1S/C32H20Cl4N6O2/c33-20-8-4-18(5-9-20)28-26(29(43)38-25-3-1-2-16-37-25)27(41-42(28)24-13-12-22(35)17-23(24)36)30-39-40-31(44-30)32(14-15-32)19-6-10-21(34)11-7-19/h1-13,16-17H,14-15H2,(H,37,38,43). The number of anilines is 1. The summed E-state index contributed by atoms with van der Waals surface area (Å²) in [6.07, 6.45) is 3.24. The molecular weight excluding hydrogens is 642 g/mol. The van der Waals surface area contributed by atoms with Crippen molar-refractivity contribution in [1.82, 2.24) is 25.0 Å². The molecule has 0 saturated heterocycles. The number of pyridine rings is 1. The number of amides is 1. The molecule has 6 aromatic rings. The molecule has 0 atom stereocenters. The van der Waals surface area contributed by atoms with Crippen LogP contribution in [0.5, 0.6) is 0 Å². The first-order valence-electron chi connectivity index (χ1n) is 13.5. The average Bonchev–Trinajstić information content (AvgIpc) is 3.50. The Hall–Kier alpha value is -4.21. The van der Waals surface area contributed by atoms with Crippen LogP contribution < -0.4 is 5.32 Å². The Balaban J connectivity index is 1.43. The molecule has 7 rings (SSSR count). The van der Waals surface area contributed by atoms with E-state index in [1.807, 2.05) is 24.3 Å². The maximum Gasteiger partial charge on any atom is 0.269 e. The highest BCUT2D eigenvalue weighted by molar-refractivity contribution is 6.36. The second-order valence-corrected chi connectivity index (χ2v) is 12.0. The van der Waals surface area contributed by atoms with E-state index in [0.717, 1.165) is 18.4 Å². The number of carbonyl (C=O) groups excluding carboxylic acids is 1. The minimum absolute atomic E-state index is 0.0745. The van der Waals surface area contributed by atoms with E-state index in [9.17, 15) is 4.79 Å². The van der Waals surface area contributed by atoms with Crippen molar-refractivity contribution in [2.45, 2.75) is 18.3 Å². The van der Waals surface area contributed by atoms with Crippen LogP contribution >= 0.6 is 46.4 Å². The highest BCUT2D eigenvalue weighted by Crippen LogP contribution is 2.53. The van der Waals surface area contributed by atoms with E-state index in [1.165, 1.54) is 0 Å². The minimum atomic E-state index is -0.487. The predicted octanol–water partition coefficient (Wildman–Crippen LogP) is 8.93. The third-order valence-electron chi connectivity index (χ3n) is 7.46. The van der Waals surface area contributed by atoms with Gasteiger partial charge in [0.15, 0.2) is 5.69 Å². The molecule has 1 aliphatic carbocycles. The Morgan fingerprint density at radius 2 is 1.55 bits per heavy atom. The molecule has 0 spiro atoms. The SMILES string of the molecule is O=C(Nc1ccccn1)c1c(-c2nnc(C3(c4ccc(Cl)cc4)CC3)o2)nn(-c2ccc(Cl)cc2Cl)c1-c1ccc(Cl)cc1. The van der Waals surface area contributed by atoms with Crippen LogP contribution in [-0.4, -0.2) is 30.9 Å². The third kappa shape index (κ3) is 5.24. The molecule has 44 heavy (non-hydrogen) atoms. The van der Waals surface area contributed by atoms with Crippen LogP contribution in [0.4, 0.5) is 5.82 Å². The van der Waals surface area contributed by atoms with Gasteiger partial charge >= 0.3 is 0 Å². The summed E-state index contributed by atoms with van der Waals surface area (Å²) in [7, 11) is 0. The van der Waals surface area contributed by atoms with E-state index >= 15 is 0 Å². The summed E-state index contributed by atoms with van der Waals surface area (Å²) in [4.78, 5) is 18.4. The van der Waals surface area contributed by atoms with Gasteiger partial charge in [-0.1, -0.05) is 76.7 Å². The Bertz CT molecular complexity index is 2000. The van der Waals surface area contributed by atoms with E-state index in [2.05, 4.69) is 20.5 Å². The lowest BCUT2D eigenvalue weighted by molar-refractivity contribution is 0.102. The van der Waals surface area contributed by atoms with Crippen LogP contribution in [0.3, 0.4) is 0 Å². The maximum atomic E-state index is 14.1. The lowest BCUT2D eigenvalue weighted by Gasteiger charge is -2.12. The van der Waals surface area contributed by atoms with Crippen LogP contribution in [-0.2, 0) is 5.41 Å². The molecule has 1 N–H and O–H groups in total. The van der Waals surface area contributed by atoms with Crippen molar-refractivity contribution < 1.29 is 9.21 Å². The zero-order chi connectivity index (χ0) is 30.4. The van der Waals surface area contributed by atoms with Crippen LogP contribution in [0.1, 0.15) is 34.7 Å². The summed E-state index contributed by atoms with van der Waals surface area (Å²) in [5, 5.41) is 18.5. The Kier molecular flexibility index (Phi) is 7.38. The lowest BCUT2D eigenvalue weighted by Crippen LogP contribution is -2.15. The van der Waals surface area contributed by atoms with Crippen LogP contribution in [0, 0.1) is 0 Å². The molecule has 3 aromatic carbocycles. The van der Waals surface area contributed by atoms with Gasteiger partial charge in [-0.2, -0.15) is 5.10 Å². The highest BCUT2D eigenvalue weighted by atomic mass is 35.5. The smallest absolute Gasteiger partial charge is 0.269 e. The van der Waals surface area contributed by atoms with Gasteiger partial charge in [-0.05, 0) is 73.0 Å². The zero-order valence-electron chi connectivity index (χ0n) is 22.6. The summed E-state index contributed by atoms with van der Waals surface area (Å²) < 4.78 is 7.90. The lowest BCUT2D eigenvalue weighted by atomic mass is 9.96. The van der Waals surface area contributed by atoms with Crippen molar-refractivity contribution in [2.75, 3.05) is 5.32 Å². The van der Waals surface area contributed by atoms with Crippen molar-refractivity contribution in [1.29, 1.82) is 0 Å². The number of nitrogens with one attached hydrogen (secondary N) is 1. The average molecular weight is 662 g/mol. The fourth-order valence-corrected chi connectivity index (χ4v) is 5.87. The van der Waals surface area contributed by atoms with Crippen LogP contribution in [0.15, 0.2) is 95.5 Å². The van der Waals surface area contributed by atoms with Crippen LogP contribution in [0.25, 0.3) is 28.5 Å². The molecule has 1 fully saturated rings. The van der Waals surface area contributed by atoms with Crippen molar-refractivity contribution in [3.8, 4) is 28.5 Å². The Morgan fingerprint density at radius 1 is 0.841 bits per heavy atom. The second-order valence-electron chi connectivity index (χ2n) is 10.3. The van der Waals surface area contributed by atoms with E-state index in [0.29, 0.717) is 48.7 Å². The molecule has 1 aliphatic rings. The second kappa shape index (κ2) is 11.4. The fourth-order valence-electron chi connectivity index (χ4n) is 5.13. The Labute approximate surface area is 271 Å². The topological polar surface area (TPSA) is 98.7 Å². The third-order valence-corrected chi connectivity index (χ3v) is 8.50. The number of hydrogen-bond acceptors (Lipinski definition) is 6. The van der Waals surface area contributed by atoms with Gasteiger partial charge in [0.05, 0.1) is 27.4 Å². The van der Waals surface area contributed by atoms with Gasteiger partial charge in [-0.15, -0.1) is 10.2 Å². The molecular formula is C32H20Cl4N6O2. The Morgan fingerprint density at radius 3 is 2.20 bits per heavy atom. The molecule has 0 unspecified atom stereocenters. The molecule has 8 nitrogen and oxygen atoms in total. The van der Waals surface area contributed by atoms with Crippen molar-refractivity contribution in [3.05, 3.63) is 128 Å². The molecule has 1 amide bonds. The maximum absolute atomic E-state index is 14.1. The first-order valence-corrected chi connectivity index (χ1v) is 15.0. The monoisotopic (exact) mass is 660 g/mol. The van der Waals surface area contributed by atoms with Gasteiger partial charge in [0.1, 0.15) is 5.82 Å². The van der Waals surface area contributed by atoms with Gasteiger partial charge in [0, 0.05) is 26.8 Å². The number of nitrogens with zero attached hydrogens (tertiary/aromatic N) is 5. The number of carbonyl (C=O) groups is 1. The first kappa shape index (κ1) is 28.6. The van der Waals surface area contributed by atoms with Gasteiger partial charge in [-0.25, -0.2) is 9.67 Å². The van der Waals surface area contributed by atoms with Crippen LogP contribution in [0.2, 0.25) is 20.1 Å². The van der Waals surface area contributed by atoms with Gasteiger partial charge < -0.3 is 9.73 Å². The highest BCUT2D eigenvalue weighted by Gasteiger charge is 2.51. The molecule has 0 radical (unpaired) electrons. The minimum Gasteiger partial charge on any atom is -0.418 e. The number of rotatable bonds is 7. The zero-order valence-corrected chi connectivity index (χ0v) is 25.7. The largest absolute Gasteiger partial charge is 0.418 e. The van der Waals surface area contributed by atoms with Gasteiger partial charge in [0.2, 0.25) is 5.89 Å². The van der Waals surface area contributed by atoms with E-state index in [4.69, 9.17) is 55.9 Å². The van der Waals surface area contributed by atoms with Crippen molar-refractivity contribution in [2.24, 2.45) is 0 Å². The van der Waals surface area contributed by atoms with Crippen molar-refractivity contribution >= 4 is 58.1 Å². The number of halogens is 4. The van der Waals surface area contributed by atoms with Gasteiger partial charge in [-0.3, -0.25) is 4.79 Å². The van der Waals surface area contributed by atoms with E-state index in [1.54, 1.807) is 71.5 Å². The van der Waals surface area contributed by atoms with Gasteiger partial charge in [0.25, 0.3) is 11.8 Å². The van der Waals surface area contributed by atoms with E-state index < -0.39 is 11.3 Å². The summed E-state index contributed by atoms with van der Waals surface area (Å²) in [5.41, 5.74) is 2.48. The number of benzene rings is 3. The summed E-state index contributed by atoms with van der Waals surface area (Å²) in [5.74, 6) is 0.371. The van der Waals surface area contributed by atoms with Crippen molar-refractivity contribution in [3.63, 3.8) is 0 Å². The quantitative estimate of drug-likeness (QED) is 0.183. The molecule has 3 heterocycles. The molecule has 218 valence electrons. The number of hydrogen-bond donors (Lipinski definition) is 1. The first-order chi connectivity index (χ1) is 21.3. The normalized spacial score (nSPS) is 13.5. The summed E-state index contributed by atoms with van der Waals surface area (Å²) in [6.45, 7) is 0. The molecule has 12 heteroatoms. The van der Waals surface area contributed by atoms with E-state index in [-0.39, 0.29) is 17.1 Å².